The van der Waals surface area contributed by atoms with Crippen LogP contribution in [0.2, 0.25) is 0 Å². The first kappa shape index (κ1) is 13.8. The van der Waals surface area contributed by atoms with Crippen molar-refractivity contribution in [1.29, 1.82) is 0 Å². The van der Waals surface area contributed by atoms with Gasteiger partial charge in [-0.1, -0.05) is 13.8 Å². The molecule has 0 radical (unpaired) electrons. The fourth-order valence-electron chi connectivity index (χ4n) is 2.48. The van der Waals surface area contributed by atoms with E-state index in [0.717, 1.165) is 29.9 Å². The Labute approximate surface area is 118 Å². The number of halogens is 1. The summed E-state index contributed by atoms with van der Waals surface area (Å²) in [5.74, 6) is 1.71. The van der Waals surface area contributed by atoms with E-state index in [2.05, 4.69) is 51.0 Å². The Hall–Kier alpha value is -0.610. The number of hydrogen-bond acceptors (Lipinski definition) is 3. The first-order chi connectivity index (χ1) is 8.66. The second-order valence-electron chi connectivity index (χ2n) is 5.40. The van der Waals surface area contributed by atoms with Crippen LogP contribution in [-0.2, 0) is 0 Å². The zero-order valence-corrected chi connectivity index (χ0v) is 12.8. The molecule has 100 valence electrons. The quantitative estimate of drug-likeness (QED) is 0.906. The highest BCUT2D eigenvalue weighted by Crippen LogP contribution is 2.24. The number of nitrogens with one attached hydrogen (secondary N) is 1. The van der Waals surface area contributed by atoms with Gasteiger partial charge in [-0.25, -0.2) is 4.98 Å². The molecule has 1 atom stereocenters. The average Bonchev–Trinajstić information content (AvgIpc) is 2.81. The molecular weight excluding hydrogens is 290 g/mol. The number of anilines is 1. The maximum atomic E-state index is 4.52. The molecule has 1 fully saturated rings. The summed E-state index contributed by atoms with van der Waals surface area (Å²) in [5.41, 5.74) is 0. The number of pyridine rings is 1. The molecule has 1 aromatic rings. The Morgan fingerprint density at radius 1 is 1.56 bits per heavy atom. The molecule has 2 heterocycles. The van der Waals surface area contributed by atoms with E-state index in [1.54, 1.807) is 0 Å². The van der Waals surface area contributed by atoms with Crippen LogP contribution in [0, 0.1) is 5.92 Å². The lowest BCUT2D eigenvalue weighted by atomic mass is 10.1. The minimum atomic E-state index is 0.609. The van der Waals surface area contributed by atoms with Crippen molar-refractivity contribution in [1.82, 2.24) is 10.3 Å². The highest BCUT2D eigenvalue weighted by Gasteiger charge is 2.20. The lowest BCUT2D eigenvalue weighted by Crippen LogP contribution is -2.40. The topological polar surface area (TPSA) is 28.2 Å². The average molecular weight is 312 g/mol. The molecule has 0 spiro atoms. The Morgan fingerprint density at radius 2 is 2.39 bits per heavy atom. The molecule has 0 bridgehead atoms. The molecule has 0 aliphatic carbocycles. The van der Waals surface area contributed by atoms with E-state index in [9.17, 15) is 0 Å². The van der Waals surface area contributed by atoms with Crippen molar-refractivity contribution in [3.05, 3.63) is 22.8 Å². The van der Waals surface area contributed by atoms with Crippen LogP contribution in [0.3, 0.4) is 0 Å². The summed E-state index contributed by atoms with van der Waals surface area (Å²) in [6, 6.07) is 4.64. The lowest BCUT2D eigenvalue weighted by Gasteiger charge is -2.29. The van der Waals surface area contributed by atoms with Crippen LogP contribution in [0.4, 0.5) is 5.82 Å². The molecule has 4 heteroatoms. The Bertz CT molecular complexity index is 375. The van der Waals surface area contributed by atoms with E-state index < -0.39 is 0 Å². The van der Waals surface area contributed by atoms with Crippen molar-refractivity contribution in [2.75, 3.05) is 24.5 Å². The highest BCUT2D eigenvalue weighted by atomic mass is 79.9. The summed E-state index contributed by atoms with van der Waals surface area (Å²) >= 11 is 3.61. The number of hydrogen-bond donors (Lipinski definition) is 1. The van der Waals surface area contributed by atoms with Gasteiger partial charge >= 0.3 is 0 Å². The van der Waals surface area contributed by atoms with Crippen LogP contribution >= 0.6 is 15.9 Å². The lowest BCUT2D eigenvalue weighted by molar-refractivity contribution is 0.537. The number of aromatic nitrogens is 1. The summed E-state index contributed by atoms with van der Waals surface area (Å²) in [5, 5.41) is 3.56. The Balaban J connectivity index is 2.11. The number of nitrogens with zero attached hydrogens (tertiary/aromatic N) is 2. The smallest absolute Gasteiger partial charge is 0.142 e. The van der Waals surface area contributed by atoms with Gasteiger partial charge in [0, 0.05) is 25.3 Å². The Morgan fingerprint density at radius 3 is 3.00 bits per heavy atom. The molecule has 2 rings (SSSR count). The molecule has 1 aliphatic rings. The fraction of sp³-hybridized carbons (Fsp3) is 0.643. The van der Waals surface area contributed by atoms with Crippen LogP contribution < -0.4 is 10.2 Å². The first-order valence-corrected chi connectivity index (χ1v) is 7.55. The van der Waals surface area contributed by atoms with Crippen molar-refractivity contribution in [3.63, 3.8) is 0 Å². The van der Waals surface area contributed by atoms with Gasteiger partial charge in [0.15, 0.2) is 0 Å². The van der Waals surface area contributed by atoms with Crippen LogP contribution in [-0.4, -0.2) is 30.7 Å². The van der Waals surface area contributed by atoms with E-state index in [4.69, 9.17) is 0 Å². The van der Waals surface area contributed by atoms with Crippen LogP contribution in [0.15, 0.2) is 22.8 Å². The normalized spacial score (nSPS) is 19.4. The standard InChI is InChI=1S/C14H22BrN3/c1-11(2)9-18(10-12-5-3-7-16-12)14-13(15)6-4-8-17-14/h4,6,8,11-12,16H,3,5,7,9-10H2,1-2H3. The van der Waals surface area contributed by atoms with Gasteiger partial charge in [0.2, 0.25) is 0 Å². The first-order valence-electron chi connectivity index (χ1n) is 6.75. The molecule has 1 aliphatic heterocycles. The maximum absolute atomic E-state index is 4.52. The molecule has 1 unspecified atom stereocenters. The zero-order chi connectivity index (χ0) is 13.0. The van der Waals surface area contributed by atoms with Crippen LogP contribution in [0.1, 0.15) is 26.7 Å². The van der Waals surface area contributed by atoms with Crippen molar-refractivity contribution >= 4 is 21.7 Å². The van der Waals surface area contributed by atoms with Crippen molar-refractivity contribution in [2.24, 2.45) is 5.92 Å². The molecular formula is C14H22BrN3. The summed E-state index contributed by atoms with van der Waals surface area (Å²) in [6.45, 7) is 7.77. The zero-order valence-electron chi connectivity index (χ0n) is 11.2. The fourth-order valence-corrected chi connectivity index (χ4v) is 2.98. The van der Waals surface area contributed by atoms with Crippen molar-refractivity contribution < 1.29 is 0 Å². The van der Waals surface area contributed by atoms with Gasteiger partial charge in [0.25, 0.3) is 0 Å². The van der Waals surface area contributed by atoms with Crippen molar-refractivity contribution in [2.45, 2.75) is 32.7 Å². The van der Waals surface area contributed by atoms with Gasteiger partial charge in [-0.05, 0) is 53.4 Å². The second kappa shape index (κ2) is 6.53. The van der Waals surface area contributed by atoms with E-state index in [1.807, 2.05) is 12.3 Å². The van der Waals surface area contributed by atoms with Gasteiger partial charge in [-0.3, -0.25) is 0 Å². The van der Waals surface area contributed by atoms with E-state index >= 15 is 0 Å². The van der Waals surface area contributed by atoms with Gasteiger partial charge in [-0.15, -0.1) is 0 Å². The Kier molecular flexibility index (Phi) is 5.01. The highest BCUT2D eigenvalue weighted by molar-refractivity contribution is 9.10. The van der Waals surface area contributed by atoms with E-state index in [0.29, 0.717) is 12.0 Å². The molecule has 1 saturated heterocycles. The summed E-state index contributed by atoms with van der Waals surface area (Å²) in [4.78, 5) is 6.93. The predicted octanol–water partition coefficient (Wildman–Crippen LogP) is 3.06. The summed E-state index contributed by atoms with van der Waals surface area (Å²) in [6.07, 6.45) is 4.44. The third-order valence-electron chi connectivity index (χ3n) is 3.23. The van der Waals surface area contributed by atoms with Crippen LogP contribution in [0.25, 0.3) is 0 Å². The molecule has 1 N–H and O–H groups in total. The molecule has 18 heavy (non-hydrogen) atoms. The minimum absolute atomic E-state index is 0.609. The summed E-state index contributed by atoms with van der Waals surface area (Å²) < 4.78 is 1.09. The second-order valence-corrected chi connectivity index (χ2v) is 6.26. The monoisotopic (exact) mass is 311 g/mol. The predicted molar refractivity (Wildman–Crippen MR) is 80.0 cm³/mol. The molecule has 0 amide bonds. The minimum Gasteiger partial charge on any atom is -0.354 e. The van der Waals surface area contributed by atoms with E-state index in [1.165, 1.54) is 12.8 Å². The summed E-state index contributed by atoms with van der Waals surface area (Å²) in [7, 11) is 0. The van der Waals surface area contributed by atoms with Gasteiger partial charge in [-0.2, -0.15) is 0 Å². The van der Waals surface area contributed by atoms with Crippen LogP contribution in [0.5, 0.6) is 0 Å². The SMILES string of the molecule is CC(C)CN(CC1CCCN1)c1ncccc1Br. The largest absolute Gasteiger partial charge is 0.354 e. The maximum Gasteiger partial charge on any atom is 0.142 e. The number of rotatable bonds is 5. The third-order valence-corrected chi connectivity index (χ3v) is 3.85. The van der Waals surface area contributed by atoms with Gasteiger partial charge in [0.1, 0.15) is 5.82 Å². The molecule has 0 aromatic carbocycles. The molecule has 3 nitrogen and oxygen atoms in total. The third kappa shape index (κ3) is 3.69. The van der Waals surface area contributed by atoms with Crippen molar-refractivity contribution in [3.8, 4) is 0 Å². The molecule has 1 aromatic heterocycles. The molecule has 0 saturated carbocycles. The van der Waals surface area contributed by atoms with Gasteiger partial charge < -0.3 is 10.2 Å². The van der Waals surface area contributed by atoms with Gasteiger partial charge in [0.05, 0.1) is 4.47 Å². The van der Waals surface area contributed by atoms with E-state index in [-0.39, 0.29) is 0 Å².